The van der Waals surface area contributed by atoms with Crippen molar-refractivity contribution >= 4 is 21.6 Å². The maximum atomic E-state index is 4.55. The molecule has 0 aliphatic heterocycles. The Balaban J connectivity index is 1.63. The number of hydrogen-bond acceptors (Lipinski definition) is 2. The minimum absolute atomic E-state index is 0.772. The molecule has 4 heteroatoms. The van der Waals surface area contributed by atoms with E-state index in [0.717, 1.165) is 28.9 Å². The highest BCUT2D eigenvalue weighted by atomic mass is 79.9. The van der Waals surface area contributed by atoms with E-state index in [1.807, 2.05) is 40.9 Å². The highest BCUT2D eigenvalue weighted by Crippen LogP contribution is 2.11. The second-order valence-electron chi connectivity index (χ2n) is 4.43. The van der Waals surface area contributed by atoms with Crippen LogP contribution in [-0.4, -0.2) is 9.38 Å². The van der Waals surface area contributed by atoms with Gasteiger partial charge in [-0.15, -0.1) is 0 Å². The quantitative estimate of drug-likeness (QED) is 0.799. The summed E-state index contributed by atoms with van der Waals surface area (Å²) in [5.41, 5.74) is 3.31. The van der Waals surface area contributed by atoms with Crippen LogP contribution in [-0.2, 0) is 13.1 Å². The maximum Gasteiger partial charge on any atom is 0.137 e. The molecule has 19 heavy (non-hydrogen) atoms. The van der Waals surface area contributed by atoms with Gasteiger partial charge in [0.15, 0.2) is 0 Å². The third-order valence-corrected chi connectivity index (χ3v) is 3.43. The molecule has 2 heterocycles. The monoisotopic (exact) mass is 315 g/mol. The summed E-state index contributed by atoms with van der Waals surface area (Å²) in [6, 6.07) is 14.3. The van der Waals surface area contributed by atoms with Crippen molar-refractivity contribution in [3.05, 3.63) is 70.6 Å². The lowest BCUT2D eigenvalue weighted by Gasteiger charge is -2.03. The van der Waals surface area contributed by atoms with Gasteiger partial charge in [0, 0.05) is 30.0 Å². The van der Waals surface area contributed by atoms with E-state index in [4.69, 9.17) is 0 Å². The third kappa shape index (κ3) is 3.03. The van der Waals surface area contributed by atoms with Crippen LogP contribution in [0.3, 0.4) is 0 Å². The van der Waals surface area contributed by atoms with Crippen molar-refractivity contribution in [1.29, 1.82) is 0 Å². The van der Waals surface area contributed by atoms with Crippen LogP contribution in [0.4, 0.5) is 0 Å². The van der Waals surface area contributed by atoms with E-state index < -0.39 is 0 Å². The number of hydrogen-bond donors (Lipinski definition) is 1. The number of imidazole rings is 1. The molecular weight excluding hydrogens is 302 g/mol. The number of aromatic nitrogens is 2. The second kappa shape index (κ2) is 5.55. The van der Waals surface area contributed by atoms with E-state index in [1.165, 1.54) is 5.56 Å². The van der Waals surface area contributed by atoms with Gasteiger partial charge in [-0.25, -0.2) is 4.98 Å². The summed E-state index contributed by atoms with van der Waals surface area (Å²) in [5, 5.41) is 3.41. The van der Waals surface area contributed by atoms with Gasteiger partial charge in [0.25, 0.3) is 0 Å². The third-order valence-electron chi connectivity index (χ3n) is 2.94. The van der Waals surface area contributed by atoms with Gasteiger partial charge < -0.3 is 9.72 Å². The summed E-state index contributed by atoms with van der Waals surface area (Å²) in [7, 11) is 0. The van der Waals surface area contributed by atoms with E-state index >= 15 is 0 Å². The smallest absolute Gasteiger partial charge is 0.137 e. The average molecular weight is 316 g/mol. The van der Waals surface area contributed by atoms with Crippen LogP contribution in [0.1, 0.15) is 11.3 Å². The summed E-state index contributed by atoms with van der Waals surface area (Å²) in [6.45, 7) is 1.61. The van der Waals surface area contributed by atoms with Crippen molar-refractivity contribution in [3.63, 3.8) is 0 Å². The van der Waals surface area contributed by atoms with Gasteiger partial charge in [-0.3, -0.25) is 0 Å². The molecule has 0 saturated heterocycles. The lowest BCUT2D eigenvalue weighted by atomic mass is 10.2. The molecule has 0 unspecified atom stereocenters. The minimum atomic E-state index is 0.772. The molecule has 3 nitrogen and oxygen atoms in total. The lowest BCUT2D eigenvalue weighted by molar-refractivity contribution is 0.682. The van der Waals surface area contributed by atoms with E-state index in [9.17, 15) is 0 Å². The number of nitrogens with one attached hydrogen (secondary N) is 1. The number of benzene rings is 1. The van der Waals surface area contributed by atoms with Crippen LogP contribution in [0.5, 0.6) is 0 Å². The first-order chi connectivity index (χ1) is 9.31. The maximum absolute atomic E-state index is 4.55. The molecule has 3 rings (SSSR count). The van der Waals surface area contributed by atoms with Gasteiger partial charge in [-0.1, -0.05) is 34.1 Å². The van der Waals surface area contributed by atoms with Crippen LogP contribution >= 0.6 is 15.9 Å². The van der Waals surface area contributed by atoms with Crippen LogP contribution in [0, 0.1) is 0 Å². The second-order valence-corrected chi connectivity index (χ2v) is 5.35. The van der Waals surface area contributed by atoms with E-state index in [0.29, 0.717) is 0 Å². The average Bonchev–Trinajstić information content (AvgIpc) is 2.81. The van der Waals surface area contributed by atoms with Gasteiger partial charge in [0.1, 0.15) is 5.65 Å². The van der Waals surface area contributed by atoms with E-state index in [1.54, 1.807) is 0 Å². The Labute approximate surface area is 120 Å². The zero-order valence-electron chi connectivity index (χ0n) is 10.4. The fourth-order valence-electron chi connectivity index (χ4n) is 2.05. The Morgan fingerprint density at radius 2 is 2.05 bits per heavy atom. The van der Waals surface area contributed by atoms with Gasteiger partial charge in [-0.2, -0.15) is 0 Å². The minimum Gasteiger partial charge on any atom is -0.307 e. The van der Waals surface area contributed by atoms with Crippen molar-refractivity contribution in [3.8, 4) is 0 Å². The van der Waals surface area contributed by atoms with Gasteiger partial charge in [0.05, 0.1) is 5.69 Å². The molecule has 0 radical (unpaired) electrons. The molecule has 0 fully saturated rings. The molecule has 0 spiro atoms. The van der Waals surface area contributed by atoms with Crippen LogP contribution in [0.15, 0.2) is 59.3 Å². The lowest BCUT2D eigenvalue weighted by Crippen LogP contribution is -2.12. The van der Waals surface area contributed by atoms with Gasteiger partial charge >= 0.3 is 0 Å². The standard InChI is InChI=1S/C15H14BrN3/c16-13-5-3-4-12(8-13)9-17-10-14-11-19-7-2-1-6-15(19)18-14/h1-8,11,17H,9-10H2. The molecule has 0 aliphatic carbocycles. The highest BCUT2D eigenvalue weighted by molar-refractivity contribution is 9.10. The molecule has 3 aromatic rings. The van der Waals surface area contributed by atoms with Crippen LogP contribution in [0.2, 0.25) is 0 Å². The zero-order chi connectivity index (χ0) is 13.1. The Bertz CT molecular complexity index is 657. The number of rotatable bonds is 4. The molecular formula is C15H14BrN3. The van der Waals surface area contributed by atoms with Crippen molar-refractivity contribution in [2.75, 3.05) is 0 Å². The summed E-state index contributed by atoms with van der Waals surface area (Å²) < 4.78 is 3.15. The Hall–Kier alpha value is -1.65. The van der Waals surface area contributed by atoms with E-state index in [2.05, 4.69) is 44.6 Å². The van der Waals surface area contributed by atoms with E-state index in [-0.39, 0.29) is 0 Å². The normalized spacial score (nSPS) is 11.0. The predicted molar refractivity (Wildman–Crippen MR) is 79.9 cm³/mol. The van der Waals surface area contributed by atoms with Crippen molar-refractivity contribution in [2.45, 2.75) is 13.1 Å². The summed E-state index contributed by atoms with van der Waals surface area (Å²) in [5.74, 6) is 0. The Kier molecular flexibility index (Phi) is 3.62. The Morgan fingerprint density at radius 3 is 2.89 bits per heavy atom. The topological polar surface area (TPSA) is 29.3 Å². The number of fused-ring (bicyclic) bond motifs is 1. The first kappa shape index (κ1) is 12.4. The fraction of sp³-hybridized carbons (Fsp3) is 0.133. The zero-order valence-corrected chi connectivity index (χ0v) is 12.0. The first-order valence-corrected chi connectivity index (χ1v) is 6.98. The van der Waals surface area contributed by atoms with Crippen molar-refractivity contribution in [2.24, 2.45) is 0 Å². The van der Waals surface area contributed by atoms with Crippen molar-refractivity contribution < 1.29 is 0 Å². The number of nitrogens with zero attached hydrogens (tertiary/aromatic N) is 2. The largest absolute Gasteiger partial charge is 0.307 e. The molecule has 0 aliphatic rings. The van der Waals surface area contributed by atoms with Gasteiger partial charge in [-0.05, 0) is 29.8 Å². The molecule has 0 atom stereocenters. The van der Waals surface area contributed by atoms with Gasteiger partial charge in [0.2, 0.25) is 0 Å². The SMILES string of the molecule is Brc1cccc(CNCc2cn3ccccc3n2)c1. The fourth-order valence-corrected chi connectivity index (χ4v) is 2.50. The number of pyridine rings is 1. The Morgan fingerprint density at radius 1 is 1.11 bits per heavy atom. The van der Waals surface area contributed by atoms with Crippen molar-refractivity contribution in [1.82, 2.24) is 14.7 Å². The molecule has 0 bridgehead atoms. The highest BCUT2D eigenvalue weighted by Gasteiger charge is 2.00. The molecule has 0 amide bonds. The summed E-state index contributed by atoms with van der Waals surface area (Å²) >= 11 is 3.48. The molecule has 0 saturated carbocycles. The van der Waals surface area contributed by atoms with Crippen LogP contribution in [0.25, 0.3) is 5.65 Å². The summed E-state index contributed by atoms with van der Waals surface area (Å²) in [4.78, 5) is 4.55. The molecule has 2 aromatic heterocycles. The number of halogens is 1. The molecule has 96 valence electrons. The molecule has 1 N–H and O–H groups in total. The molecule has 1 aromatic carbocycles. The van der Waals surface area contributed by atoms with Crippen LogP contribution < -0.4 is 5.32 Å². The summed E-state index contributed by atoms with van der Waals surface area (Å²) in [6.07, 6.45) is 4.07. The predicted octanol–water partition coefficient (Wildman–Crippen LogP) is 3.39. The first-order valence-electron chi connectivity index (χ1n) is 6.19.